The van der Waals surface area contributed by atoms with E-state index in [4.69, 9.17) is 0 Å². The van der Waals surface area contributed by atoms with Crippen LogP contribution >= 0.6 is 0 Å². The van der Waals surface area contributed by atoms with Crippen LogP contribution in [0.3, 0.4) is 0 Å². The molecular formula is C16H19NO. The molecule has 1 fully saturated rings. The number of hydrogen-bond donors (Lipinski definition) is 1. The van der Waals surface area contributed by atoms with Gasteiger partial charge in [0.05, 0.1) is 5.60 Å². The molecule has 0 spiro atoms. The lowest BCUT2D eigenvalue weighted by molar-refractivity contribution is -0.0202. The second-order valence-corrected chi connectivity index (χ2v) is 5.40. The zero-order valence-corrected chi connectivity index (χ0v) is 10.8. The molecule has 1 N–H and O–H groups in total. The minimum absolute atomic E-state index is 0.642. The van der Waals surface area contributed by atoms with Crippen LogP contribution in [0.2, 0.25) is 0 Å². The molecule has 2 nitrogen and oxygen atoms in total. The van der Waals surface area contributed by atoms with Gasteiger partial charge < -0.3 is 10.0 Å². The summed E-state index contributed by atoms with van der Waals surface area (Å²) >= 11 is 0. The molecule has 1 heterocycles. The fourth-order valence-electron chi connectivity index (χ4n) is 2.76. The van der Waals surface area contributed by atoms with E-state index >= 15 is 0 Å². The predicted octanol–water partition coefficient (Wildman–Crippen LogP) is 2.75. The quantitative estimate of drug-likeness (QED) is 0.830. The van der Waals surface area contributed by atoms with Crippen LogP contribution in [0.5, 0.6) is 0 Å². The monoisotopic (exact) mass is 241 g/mol. The molecule has 0 aliphatic carbocycles. The maximum Gasteiger partial charge on any atom is 0.0921 e. The summed E-state index contributed by atoms with van der Waals surface area (Å²) in [7, 11) is 2.11. The summed E-state index contributed by atoms with van der Waals surface area (Å²) < 4.78 is 0. The molecule has 0 aromatic heterocycles. The van der Waals surface area contributed by atoms with Gasteiger partial charge >= 0.3 is 0 Å². The SMILES string of the molecule is CN1CCC(O)(c2ccc3ccccc3c2)CC1. The first-order chi connectivity index (χ1) is 8.67. The van der Waals surface area contributed by atoms with Crippen molar-refractivity contribution in [1.29, 1.82) is 0 Å². The van der Waals surface area contributed by atoms with Crippen LogP contribution in [0, 0.1) is 0 Å². The number of hydrogen-bond acceptors (Lipinski definition) is 2. The van der Waals surface area contributed by atoms with E-state index in [9.17, 15) is 5.11 Å². The molecule has 0 bridgehead atoms. The highest BCUT2D eigenvalue weighted by Crippen LogP contribution is 2.33. The number of likely N-dealkylation sites (tertiary alicyclic amines) is 1. The first kappa shape index (κ1) is 11.7. The number of benzene rings is 2. The van der Waals surface area contributed by atoms with Gasteiger partial charge in [0.25, 0.3) is 0 Å². The molecule has 94 valence electrons. The van der Waals surface area contributed by atoms with E-state index in [1.54, 1.807) is 0 Å². The average Bonchev–Trinajstić information content (AvgIpc) is 2.42. The molecule has 3 rings (SSSR count). The number of rotatable bonds is 1. The lowest BCUT2D eigenvalue weighted by atomic mass is 9.84. The Kier molecular flexibility index (Phi) is 2.84. The van der Waals surface area contributed by atoms with Gasteiger partial charge in [0, 0.05) is 13.1 Å². The first-order valence-electron chi connectivity index (χ1n) is 6.58. The van der Waals surface area contributed by atoms with Gasteiger partial charge in [0.15, 0.2) is 0 Å². The van der Waals surface area contributed by atoms with Gasteiger partial charge in [-0.25, -0.2) is 0 Å². The lowest BCUT2D eigenvalue weighted by Crippen LogP contribution is -2.40. The summed E-state index contributed by atoms with van der Waals surface area (Å²) in [6.07, 6.45) is 1.64. The Labute approximate surface area is 108 Å². The van der Waals surface area contributed by atoms with Crippen molar-refractivity contribution in [3.05, 3.63) is 48.0 Å². The minimum Gasteiger partial charge on any atom is -0.385 e. The molecule has 0 amide bonds. The Hall–Kier alpha value is -1.38. The van der Waals surface area contributed by atoms with Crippen molar-refractivity contribution < 1.29 is 5.11 Å². The van der Waals surface area contributed by atoms with E-state index in [2.05, 4.69) is 42.3 Å². The standard InChI is InChI=1S/C16H19NO/c1-17-10-8-16(18,9-11-17)15-7-6-13-4-2-3-5-14(13)12-15/h2-7,12,18H,8-11H2,1H3. The molecule has 0 saturated carbocycles. The number of nitrogens with zero attached hydrogens (tertiary/aromatic N) is 1. The molecule has 1 aliphatic rings. The van der Waals surface area contributed by atoms with Crippen LogP contribution in [-0.4, -0.2) is 30.1 Å². The summed E-state index contributed by atoms with van der Waals surface area (Å²) in [5.74, 6) is 0. The topological polar surface area (TPSA) is 23.5 Å². The van der Waals surface area contributed by atoms with E-state index < -0.39 is 5.60 Å². The maximum absolute atomic E-state index is 10.8. The molecule has 1 saturated heterocycles. The highest BCUT2D eigenvalue weighted by molar-refractivity contribution is 5.83. The number of aliphatic hydroxyl groups is 1. The molecule has 18 heavy (non-hydrogen) atoms. The number of piperidine rings is 1. The van der Waals surface area contributed by atoms with Gasteiger partial charge in [-0.15, -0.1) is 0 Å². The summed E-state index contributed by atoms with van der Waals surface area (Å²) in [5.41, 5.74) is 0.422. The highest BCUT2D eigenvalue weighted by Gasteiger charge is 2.32. The Balaban J connectivity index is 1.98. The molecular weight excluding hydrogens is 222 g/mol. The Bertz CT molecular complexity index is 556. The first-order valence-corrected chi connectivity index (χ1v) is 6.58. The third-order valence-corrected chi connectivity index (χ3v) is 4.10. The third kappa shape index (κ3) is 2.02. The summed E-state index contributed by atoms with van der Waals surface area (Å²) in [6.45, 7) is 1.92. The van der Waals surface area contributed by atoms with Gasteiger partial charge in [0.1, 0.15) is 0 Å². The zero-order valence-electron chi connectivity index (χ0n) is 10.8. The highest BCUT2D eigenvalue weighted by atomic mass is 16.3. The van der Waals surface area contributed by atoms with Gasteiger partial charge in [0.2, 0.25) is 0 Å². The third-order valence-electron chi connectivity index (χ3n) is 4.10. The normalized spacial score (nSPS) is 20.1. The van der Waals surface area contributed by atoms with Gasteiger partial charge in [-0.2, -0.15) is 0 Å². The van der Waals surface area contributed by atoms with E-state index in [1.165, 1.54) is 10.8 Å². The predicted molar refractivity (Wildman–Crippen MR) is 74.6 cm³/mol. The van der Waals surface area contributed by atoms with Crippen LogP contribution in [-0.2, 0) is 5.60 Å². The van der Waals surface area contributed by atoms with E-state index in [0.29, 0.717) is 0 Å². The van der Waals surface area contributed by atoms with Crippen molar-refractivity contribution in [2.75, 3.05) is 20.1 Å². The lowest BCUT2D eigenvalue weighted by Gasteiger charge is -2.37. The average molecular weight is 241 g/mol. The van der Waals surface area contributed by atoms with E-state index in [1.807, 2.05) is 12.1 Å². The van der Waals surface area contributed by atoms with Crippen LogP contribution < -0.4 is 0 Å². The zero-order chi connectivity index (χ0) is 12.6. The minimum atomic E-state index is -0.642. The van der Waals surface area contributed by atoms with Crippen molar-refractivity contribution in [1.82, 2.24) is 4.90 Å². The van der Waals surface area contributed by atoms with Crippen molar-refractivity contribution in [2.24, 2.45) is 0 Å². The molecule has 2 aromatic rings. The summed E-state index contributed by atoms with van der Waals surface area (Å²) in [6, 6.07) is 14.6. The fraction of sp³-hybridized carbons (Fsp3) is 0.375. The van der Waals surface area contributed by atoms with Crippen LogP contribution in [0.1, 0.15) is 18.4 Å². The molecule has 0 radical (unpaired) electrons. The van der Waals surface area contributed by atoms with Gasteiger partial charge in [-0.3, -0.25) is 0 Å². The molecule has 2 heteroatoms. The second-order valence-electron chi connectivity index (χ2n) is 5.40. The van der Waals surface area contributed by atoms with Crippen molar-refractivity contribution in [2.45, 2.75) is 18.4 Å². The fourth-order valence-corrected chi connectivity index (χ4v) is 2.76. The maximum atomic E-state index is 10.8. The van der Waals surface area contributed by atoms with Crippen LogP contribution in [0.25, 0.3) is 10.8 Å². The second kappa shape index (κ2) is 4.38. The molecule has 2 aromatic carbocycles. The Morgan fingerprint density at radius 3 is 2.39 bits per heavy atom. The van der Waals surface area contributed by atoms with Crippen molar-refractivity contribution in [3.63, 3.8) is 0 Å². The van der Waals surface area contributed by atoms with Gasteiger partial charge in [-0.05, 0) is 42.3 Å². The summed E-state index contributed by atoms with van der Waals surface area (Å²) in [5, 5.41) is 13.2. The van der Waals surface area contributed by atoms with E-state index in [-0.39, 0.29) is 0 Å². The Morgan fingerprint density at radius 1 is 1.00 bits per heavy atom. The molecule has 0 atom stereocenters. The van der Waals surface area contributed by atoms with Crippen LogP contribution in [0.4, 0.5) is 0 Å². The van der Waals surface area contributed by atoms with Crippen molar-refractivity contribution >= 4 is 10.8 Å². The van der Waals surface area contributed by atoms with Crippen molar-refractivity contribution in [3.8, 4) is 0 Å². The number of fused-ring (bicyclic) bond motifs is 1. The molecule has 0 unspecified atom stereocenters. The van der Waals surface area contributed by atoms with Gasteiger partial charge in [-0.1, -0.05) is 36.4 Å². The largest absolute Gasteiger partial charge is 0.385 e. The van der Waals surface area contributed by atoms with Crippen LogP contribution in [0.15, 0.2) is 42.5 Å². The summed E-state index contributed by atoms with van der Waals surface area (Å²) in [4.78, 5) is 2.27. The Morgan fingerprint density at radius 2 is 1.67 bits per heavy atom. The molecule has 1 aliphatic heterocycles. The van der Waals surface area contributed by atoms with E-state index in [0.717, 1.165) is 31.5 Å². The smallest absolute Gasteiger partial charge is 0.0921 e.